The molecule has 0 atom stereocenters. The molecule has 0 saturated carbocycles. The van der Waals surface area contributed by atoms with Gasteiger partial charge in [0, 0.05) is 12.6 Å². The van der Waals surface area contributed by atoms with Crippen molar-refractivity contribution >= 4 is 5.97 Å². The molecule has 0 saturated heterocycles. The second kappa shape index (κ2) is 6.18. The Morgan fingerprint density at radius 2 is 2.12 bits per heavy atom. The van der Waals surface area contributed by atoms with Crippen LogP contribution in [0, 0.1) is 6.92 Å². The zero-order chi connectivity index (χ0) is 12.8. The molecule has 0 unspecified atom stereocenters. The van der Waals surface area contributed by atoms with Crippen molar-refractivity contribution in [3.8, 4) is 0 Å². The van der Waals surface area contributed by atoms with Crippen molar-refractivity contribution in [1.29, 1.82) is 0 Å². The van der Waals surface area contributed by atoms with E-state index in [1.807, 2.05) is 25.3 Å². The van der Waals surface area contributed by atoms with Gasteiger partial charge in [-0.25, -0.2) is 4.79 Å². The summed E-state index contributed by atoms with van der Waals surface area (Å²) in [6, 6.07) is 0. The summed E-state index contributed by atoms with van der Waals surface area (Å²) in [4.78, 5) is 11.3. The van der Waals surface area contributed by atoms with Crippen LogP contribution in [0.1, 0.15) is 38.8 Å². The van der Waals surface area contributed by atoms with Gasteiger partial charge in [-0.3, -0.25) is 0 Å². The molecule has 0 aliphatic carbocycles. The van der Waals surface area contributed by atoms with Crippen LogP contribution in [-0.4, -0.2) is 20.7 Å². The minimum Gasteiger partial charge on any atom is -0.454 e. The number of rotatable bonds is 5. The van der Waals surface area contributed by atoms with Crippen LogP contribution >= 0.6 is 0 Å². The molecule has 0 aliphatic rings. The van der Waals surface area contributed by atoms with Gasteiger partial charge in [-0.05, 0) is 27.2 Å². The first-order valence-electron chi connectivity index (χ1n) is 5.75. The van der Waals surface area contributed by atoms with E-state index in [1.165, 1.54) is 6.08 Å². The molecule has 0 radical (unpaired) electrons. The summed E-state index contributed by atoms with van der Waals surface area (Å²) in [7, 11) is 0. The molecule has 0 N–H and O–H groups in total. The third-order valence-corrected chi connectivity index (χ3v) is 2.21. The summed E-state index contributed by atoms with van der Waals surface area (Å²) in [5.74, 6) is 1.20. The summed E-state index contributed by atoms with van der Waals surface area (Å²) in [6.45, 7) is 8.69. The van der Waals surface area contributed by atoms with Crippen LogP contribution in [0.3, 0.4) is 0 Å². The maximum absolute atomic E-state index is 11.3. The summed E-state index contributed by atoms with van der Waals surface area (Å²) in [5, 5.41) is 7.98. The van der Waals surface area contributed by atoms with Gasteiger partial charge in [0.2, 0.25) is 0 Å². The molecule has 94 valence electrons. The first-order chi connectivity index (χ1) is 8.04. The summed E-state index contributed by atoms with van der Waals surface area (Å²) in [5.41, 5.74) is 0.918. The number of ether oxygens (including phenoxy) is 1. The van der Waals surface area contributed by atoms with Gasteiger partial charge in [0.1, 0.15) is 5.82 Å². The number of hydrogen-bond donors (Lipinski definition) is 0. The number of carbonyl (C=O) groups excluding carboxylic acids is 1. The van der Waals surface area contributed by atoms with Crippen molar-refractivity contribution in [2.45, 2.75) is 47.3 Å². The van der Waals surface area contributed by atoms with Crippen molar-refractivity contribution in [2.24, 2.45) is 0 Å². The average Bonchev–Trinajstić information content (AvgIpc) is 2.57. The van der Waals surface area contributed by atoms with E-state index >= 15 is 0 Å². The Bertz CT molecular complexity index is 417. The molecule has 0 aromatic carbocycles. The monoisotopic (exact) mass is 237 g/mol. The number of carbonyl (C=O) groups is 1. The molecule has 0 amide bonds. The molecule has 0 aliphatic heterocycles. The minimum absolute atomic E-state index is 0.170. The predicted molar refractivity (Wildman–Crippen MR) is 64.3 cm³/mol. The number of hydrogen-bond acceptors (Lipinski definition) is 4. The lowest BCUT2D eigenvalue weighted by Gasteiger charge is -2.06. The third kappa shape index (κ3) is 4.01. The van der Waals surface area contributed by atoms with Crippen LogP contribution in [0.2, 0.25) is 0 Å². The topological polar surface area (TPSA) is 57.0 Å². The molecule has 1 rings (SSSR count). The van der Waals surface area contributed by atoms with Crippen LogP contribution in [0.15, 0.2) is 11.6 Å². The summed E-state index contributed by atoms with van der Waals surface area (Å²) >= 11 is 0. The number of nitrogens with zero attached hydrogens (tertiary/aromatic N) is 3. The number of allylic oxidation sites excluding steroid dienone is 1. The van der Waals surface area contributed by atoms with Crippen molar-refractivity contribution in [1.82, 2.24) is 14.8 Å². The van der Waals surface area contributed by atoms with Gasteiger partial charge in [-0.1, -0.05) is 12.5 Å². The largest absolute Gasteiger partial charge is 0.454 e. The smallest absolute Gasteiger partial charge is 0.331 e. The van der Waals surface area contributed by atoms with Gasteiger partial charge in [-0.15, -0.1) is 10.2 Å². The van der Waals surface area contributed by atoms with Gasteiger partial charge in [0.05, 0.1) is 0 Å². The molecule has 5 heteroatoms. The number of aryl methyl sites for hydroxylation is 1. The highest BCUT2D eigenvalue weighted by Crippen LogP contribution is 2.05. The molecule has 1 heterocycles. The lowest BCUT2D eigenvalue weighted by atomic mass is 10.3. The quantitative estimate of drug-likeness (QED) is 0.580. The zero-order valence-corrected chi connectivity index (χ0v) is 10.9. The Morgan fingerprint density at radius 1 is 1.41 bits per heavy atom. The molecule has 0 bridgehead atoms. The highest BCUT2D eigenvalue weighted by molar-refractivity contribution is 5.82. The van der Waals surface area contributed by atoms with Gasteiger partial charge in [0.15, 0.2) is 12.4 Å². The van der Waals surface area contributed by atoms with Crippen molar-refractivity contribution in [3.63, 3.8) is 0 Å². The Hall–Kier alpha value is -1.65. The SMILES string of the molecule is CCCn1c(C)nnc1COC(=O)C=C(C)C. The average molecular weight is 237 g/mol. The van der Waals surface area contributed by atoms with Crippen LogP contribution in [0.5, 0.6) is 0 Å². The molecule has 5 nitrogen and oxygen atoms in total. The Balaban J connectivity index is 2.63. The summed E-state index contributed by atoms with van der Waals surface area (Å²) < 4.78 is 7.07. The van der Waals surface area contributed by atoms with E-state index < -0.39 is 0 Å². The standard InChI is InChI=1S/C12H19N3O2/c1-5-6-15-10(4)13-14-11(15)8-17-12(16)7-9(2)3/h7H,5-6,8H2,1-4H3. The van der Waals surface area contributed by atoms with E-state index in [2.05, 4.69) is 17.1 Å². The first kappa shape index (κ1) is 13.4. The van der Waals surface area contributed by atoms with Crippen molar-refractivity contribution < 1.29 is 9.53 Å². The van der Waals surface area contributed by atoms with E-state index in [-0.39, 0.29) is 12.6 Å². The van der Waals surface area contributed by atoms with Crippen LogP contribution in [-0.2, 0) is 22.7 Å². The first-order valence-corrected chi connectivity index (χ1v) is 5.75. The van der Waals surface area contributed by atoms with Gasteiger partial charge < -0.3 is 9.30 Å². The Morgan fingerprint density at radius 3 is 2.71 bits per heavy atom. The molecule has 1 aromatic heterocycles. The van der Waals surface area contributed by atoms with E-state index in [1.54, 1.807) is 0 Å². The lowest BCUT2D eigenvalue weighted by molar-refractivity contribution is -0.139. The Labute approximate surface area is 101 Å². The highest BCUT2D eigenvalue weighted by Gasteiger charge is 2.09. The fourth-order valence-electron chi connectivity index (χ4n) is 1.46. The Kier molecular flexibility index (Phi) is 4.87. The van der Waals surface area contributed by atoms with E-state index in [4.69, 9.17) is 4.74 Å². The maximum atomic E-state index is 11.3. The van der Waals surface area contributed by atoms with Crippen LogP contribution < -0.4 is 0 Å². The molecule has 1 aromatic rings. The molecule has 0 spiro atoms. The molecule has 17 heavy (non-hydrogen) atoms. The second-order valence-electron chi connectivity index (χ2n) is 4.14. The molecule has 0 fully saturated rings. The van der Waals surface area contributed by atoms with Crippen LogP contribution in [0.4, 0.5) is 0 Å². The van der Waals surface area contributed by atoms with Gasteiger partial charge in [0.25, 0.3) is 0 Å². The van der Waals surface area contributed by atoms with E-state index in [0.29, 0.717) is 5.82 Å². The zero-order valence-electron chi connectivity index (χ0n) is 10.9. The lowest BCUT2D eigenvalue weighted by Crippen LogP contribution is -2.09. The molecular weight excluding hydrogens is 218 g/mol. The van der Waals surface area contributed by atoms with Crippen molar-refractivity contribution in [2.75, 3.05) is 0 Å². The number of esters is 1. The highest BCUT2D eigenvalue weighted by atomic mass is 16.5. The van der Waals surface area contributed by atoms with Gasteiger partial charge >= 0.3 is 5.97 Å². The van der Waals surface area contributed by atoms with E-state index in [0.717, 1.165) is 24.4 Å². The van der Waals surface area contributed by atoms with Gasteiger partial charge in [-0.2, -0.15) is 0 Å². The van der Waals surface area contributed by atoms with Crippen molar-refractivity contribution in [3.05, 3.63) is 23.3 Å². The normalized spacial score (nSPS) is 10.1. The number of aromatic nitrogens is 3. The predicted octanol–water partition coefficient (Wildman–Crippen LogP) is 2.01. The maximum Gasteiger partial charge on any atom is 0.331 e. The third-order valence-electron chi connectivity index (χ3n) is 2.21. The fourth-order valence-corrected chi connectivity index (χ4v) is 1.46. The van der Waals surface area contributed by atoms with Crippen LogP contribution in [0.25, 0.3) is 0 Å². The van der Waals surface area contributed by atoms with E-state index in [9.17, 15) is 4.79 Å². The molecular formula is C12H19N3O2. The fraction of sp³-hybridized carbons (Fsp3) is 0.583. The minimum atomic E-state index is -0.339. The summed E-state index contributed by atoms with van der Waals surface area (Å²) in [6.07, 6.45) is 2.46. The second-order valence-corrected chi connectivity index (χ2v) is 4.14.